The van der Waals surface area contributed by atoms with Crippen molar-refractivity contribution in [3.05, 3.63) is 52.2 Å². The molecule has 3 heteroatoms. The Labute approximate surface area is 123 Å². The molecule has 1 aliphatic heterocycles. The lowest BCUT2D eigenvalue weighted by Crippen LogP contribution is -2.06. The van der Waals surface area contributed by atoms with Crippen LogP contribution in [0.25, 0.3) is 11.1 Å². The summed E-state index contributed by atoms with van der Waals surface area (Å²) < 4.78 is 0. The summed E-state index contributed by atoms with van der Waals surface area (Å²) in [5, 5.41) is 7.17. The predicted octanol–water partition coefficient (Wildman–Crippen LogP) is 4.80. The van der Waals surface area contributed by atoms with E-state index in [4.69, 9.17) is 0 Å². The monoisotopic (exact) mass is 283 g/mol. The first kappa shape index (κ1) is 13.1. The molecule has 0 unspecified atom stereocenters. The van der Waals surface area contributed by atoms with Crippen molar-refractivity contribution < 1.29 is 4.79 Å². The summed E-state index contributed by atoms with van der Waals surface area (Å²) in [6.45, 7) is 2.18. The molecule has 2 nitrogen and oxygen atoms in total. The van der Waals surface area contributed by atoms with Crippen molar-refractivity contribution in [2.75, 3.05) is 5.32 Å². The first-order valence-electron chi connectivity index (χ1n) is 6.97. The minimum atomic E-state index is 0.0310. The Bertz CT molecular complexity index is 655. The van der Waals surface area contributed by atoms with E-state index in [9.17, 15) is 4.79 Å². The molecule has 0 atom stereocenters. The third-order valence-corrected chi connectivity index (χ3v) is 4.31. The summed E-state index contributed by atoms with van der Waals surface area (Å²) in [6.07, 6.45) is 3.18. The number of rotatable bonds is 4. The molecule has 0 fully saturated rings. The molecule has 20 heavy (non-hydrogen) atoms. The van der Waals surface area contributed by atoms with Gasteiger partial charge in [-0.2, -0.15) is 11.3 Å². The quantitative estimate of drug-likeness (QED) is 0.802. The van der Waals surface area contributed by atoms with Crippen LogP contribution in [-0.4, -0.2) is 5.91 Å². The van der Waals surface area contributed by atoms with E-state index < -0.39 is 0 Å². The molecule has 0 spiro atoms. The first-order valence-corrected chi connectivity index (χ1v) is 7.92. The van der Waals surface area contributed by atoms with E-state index in [0.717, 1.165) is 36.1 Å². The third kappa shape index (κ3) is 2.29. The van der Waals surface area contributed by atoms with Crippen LogP contribution in [0.5, 0.6) is 0 Å². The van der Waals surface area contributed by atoms with E-state index in [-0.39, 0.29) is 5.91 Å². The molecule has 0 saturated heterocycles. The van der Waals surface area contributed by atoms with Crippen LogP contribution in [0.3, 0.4) is 0 Å². The van der Waals surface area contributed by atoms with Gasteiger partial charge in [0.1, 0.15) is 0 Å². The summed E-state index contributed by atoms with van der Waals surface area (Å²) in [5.74, 6) is 0.0310. The van der Waals surface area contributed by atoms with Gasteiger partial charge in [0.15, 0.2) is 0 Å². The third-order valence-electron chi connectivity index (χ3n) is 3.62. The lowest BCUT2D eigenvalue weighted by atomic mass is 9.93. The van der Waals surface area contributed by atoms with Gasteiger partial charge in [0.2, 0.25) is 0 Å². The van der Waals surface area contributed by atoms with Crippen molar-refractivity contribution >= 4 is 34.1 Å². The summed E-state index contributed by atoms with van der Waals surface area (Å²) in [4.78, 5) is 12.4. The number of hydrogen-bond acceptors (Lipinski definition) is 2. The Balaban J connectivity index is 2.15. The molecular weight excluding hydrogens is 266 g/mol. The van der Waals surface area contributed by atoms with Gasteiger partial charge < -0.3 is 5.32 Å². The second kappa shape index (κ2) is 5.63. The molecule has 1 aromatic heterocycles. The van der Waals surface area contributed by atoms with Crippen molar-refractivity contribution in [2.24, 2.45) is 0 Å². The molecule has 0 saturated carbocycles. The lowest BCUT2D eigenvalue weighted by Gasteiger charge is -2.09. The number of hydrogen-bond donors (Lipinski definition) is 1. The molecule has 0 aliphatic carbocycles. The molecule has 102 valence electrons. The molecule has 0 radical (unpaired) electrons. The second-order valence-corrected chi connectivity index (χ2v) is 5.75. The predicted molar refractivity (Wildman–Crippen MR) is 85.7 cm³/mol. The molecule has 0 bridgehead atoms. The summed E-state index contributed by atoms with van der Waals surface area (Å²) >= 11 is 1.68. The van der Waals surface area contributed by atoms with E-state index >= 15 is 0 Å². The van der Waals surface area contributed by atoms with Crippen LogP contribution in [-0.2, 0) is 4.79 Å². The highest BCUT2D eigenvalue weighted by molar-refractivity contribution is 7.08. The number of thiophene rings is 1. The summed E-state index contributed by atoms with van der Waals surface area (Å²) in [6, 6.07) is 10.0. The maximum Gasteiger partial charge on any atom is 0.256 e. The smallest absolute Gasteiger partial charge is 0.256 e. The number of allylic oxidation sites excluding steroid dienone is 1. The Morgan fingerprint density at radius 3 is 2.85 bits per heavy atom. The number of fused-ring (bicyclic) bond motifs is 1. The van der Waals surface area contributed by atoms with Gasteiger partial charge in [0.25, 0.3) is 5.91 Å². The van der Waals surface area contributed by atoms with Crippen molar-refractivity contribution in [2.45, 2.75) is 26.2 Å². The maximum absolute atomic E-state index is 12.4. The fourth-order valence-electron chi connectivity index (χ4n) is 2.62. The van der Waals surface area contributed by atoms with Crippen molar-refractivity contribution in [1.82, 2.24) is 0 Å². The van der Waals surface area contributed by atoms with Crippen LogP contribution in [0.15, 0.2) is 41.1 Å². The summed E-state index contributed by atoms with van der Waals surface area (Å²) in [5.41, 5.74) is 5.18. The lowest BCUT2D eigenvalue weighted by molar-refractivity contribution is -0.110. The number of carbonyl (C=O) groups is 1. The zero-order valence-corrected chi connectivity index (χ0v) is 12.3. The van der Waals surface area contributed by atoms with Gasteiger partial charge in [0, 0.05) is 11.3 Å². The molecule has 1 N–H and O–H groups in total. The molecule has 2 heterocycles. The van der Waals surface area contributed by atoms with Gasteiger partial charge in [-0.15, -0.1) is 0 Å². The number of nitrogens with one attached hydrogen (secondary N) is 1. The first-order chi connectivity index (χ1) is 9.81. The number of amides is 1. The van der Waals surface area contributed by atoms with Crippen LogP contribution < -0.4 is 5.32 Å². The van der Waals surface area contributed by atoms with Crippen molar-refractivity contribution in [1.29, 1.82) is 0 Å². The fourth-order valence-corrected chi connectivity index (χ4v) is 3.29. The minimum absolute atomic E-state index is 0.0310. The van der Waals surface area contributed by atoms with Gasteiger partial charge >= 0.3 is 0 Å². The maximum atomic E-state index is 12.4. The number of unbranched alkanes of at least 4 members (excludes halogenated alkanes) is 1. The average Bonchev–Trinajstić information content (AvgIpc) is 3.08. The van der Waals surface area contributed by atoms with Crippen molar-refractivity contribution in [3.63, 3.8) is 0 Å². The molecule has 1 aromatic carbocycles. The van der Waals surface area contributed by atoms with Gasteiger partial charge in [-0.05, 0) is 46.9 Å². The molecule has 3 rings (SSSR count). The molecule has 1 aliphatic rings. The standard InChI is InChI=1S/C17H17NOS/c1-2-3-6-13(12-9-10-20-11-12)16-14-7-4-5-8-15(14)18-17(16)19/h4-5,7-11H,2-3,6H2,1H3,(H,18,19)/b16-13-. The van der Waals surface area contributed by atoms with E-state index in [1.807, 2.05) is 24.3 Å². The Morgan fingerprint density at radius 2 is 2.10 bits per heavy atom. The van der Waals surface area contributed by atoms with Gasteiger partial charge in [-0.3, -0.25) is 4.79 Å². The summed E-state index contributed by atoms with van der Waals surface area (Å²) in [7, 11) is 0. The number of para-hydroxylation sites is 1. The normalized spacial score (nSPS) is 15.9. The molecule has 1 amide bonds. The van der Waals surface area contributed by atoms with Crippen LogP contribution in [0.2, 0.25) is 0 Å². The molecule has 2 aromatic rings. The topological polar surface area (TPSA) is 29.1 Å². The fraction of sp³-hybridized carbons (Fsp3) is 0.235. The average molecular weight is 283 g/mol. The van der Waals surface area contributed by atoms with Gasteiger partial charge in [-0.25, -0.2) is 0 Å². The van der Waals surface area contributed by atoms with Crippen LogP contribution >= 0.6 is 11.3 Å². The van der Waals surface area contributed by atoms with Crippen LogP contribution in [0.1, 0.15) is 37.3 Å². The highest BCUT2D eigenvalue weighted by atomic mass is 32.1. The van der Waals surface area contributed by atoms with E-state index in [0.29, 0.717) is 0 Å². The van der Waals surface area contributed by atoms with Crippen LogP contribution in [0, 0.1) is 0 Å². The molecular formula is C17H17NOS. The largest absolute Gasteiger partial charge is 0.321 e. The minimum Gasteiger partial charge on any atom is -0.321 e. The zero-order chi connectivity index (χ0) is 13.9. The van der Waals surface area contributed by atoms with E-state index in [2.05, 4.69) is 29.1 Å². The van der Waals surface area contributed by atoms with E-state index in [1.165, 1.54) is 11.1 Å². The zero-order valence-electron chi connectivity index (χ0n) is 11.5. The van der Waals surface area contributed by atoms with Crippen molar-refractivity contribution in [3.8, 4) is 0 Å². The Kier molecular flexibility index (Phi) is 3.70. The van der Waals surface area contributed by atoms with E-state index in [1.54, 1.807) is 11.3 Å². The SMILES string of the molecule is CCCC/C(=C1/C(=O)Nc2ccccc21)c1ccsc1. The van der Waals surface area contributed by atoms with Gasteiger partial charge in [0.05, 0.1) is 5.57 Å². The number of anilines is 1. The van der Waals surface area contributed by atoms with Crippen LogP contribution in [0.4, 0.5) is 5.69 Å². The number of benzene rings is 1. The highest BCUT2D eigenvalue weighted by Gasteiger charge is 2.27. The highest BCUT2D eigenvalue weighted by Crippen LogP contribution is 2.39. The second-order valence-electron chi connectivity index (χ2n) is 4.97. The van der Waals surface area contributed by atoms with Gasteiger partial charge in [-0.1, -0.05) is 31.5 Å². The Hall–Kier alpha value is -1.87. The number of carbonyl (C=O) groups excluding carboxylic acids is 1. The Morgan fingerprint density at radius 1 is 1.25 bits per heavy atom.